The number of aromatic nitrogens is 3. The van der Waals surface area contributed by atoms with E-state index in [0.29, 0.717) is 18.9 Å². The van der Waals surface area contributed by atoms with Crippen molar-refractivity contribution in [3.05, 3.63) is 71.7 Å². The maximum absolute atomic E-state index is 12.9. The lowest BCUT2D eigenvalue weighted by Crippen LogP contribution is -2.47. The Morgan fingerprint density at radius 1 is 1.08 bits per heavy atom. The third-order valence-corrected chi connectivity index (χ3v) is 7.27. The van der Waals surface area contributed by atoms with Gasteiger partial charge in [0.2, 0.25) is 5.91 Å². The van der Waals surface area contributed by atoms with E-state index in [2.05, 4.69) is 25.2 Å². The molecule has 5 rings (SSSR count). The lowest BCUT2D eigenvalue weighted by molar-refractivity contribution is -0.126. The first-order valence-corrected chi connectivity index (χ1v) is 12.9. The van der Waals surface area contributed by atoms with Crippen molar-refractivity contribution in [1.82, 2.24) is 29.3 Å². The van der Waals surface area contributed by atoms with Gasteiger partial charge in [0.05, 0.1) is 19.3 Å². The number of nitrogens with one attached hydrogen (secondary N) is 1. The Morgan fingerprint density at radius 3 is 2.62 bits per heavy atom. The number of amides is 1. The maximum Gasteiger partial charge on any atom is 0.246 e. The third-order valence-electron chi connectivity index (χ3n) is 7.27. The number of carbonyl (C=O) groups excluding carboxylic acids is 1. The quantitative estimate of drug-likeness (QED) is 0.369. The number of hydrogen-bond acceptors (Lipinski definition) is 8. The van der Waals surface area contributed by atoms with Crippen molar-refractivity contribution >= 4 is 17.2 Å². The molecular weight excluding hydrogens is 470 g/mol. The van der Waals surface area contributed by atoms with Crippen LogP contribution in [0.5, 0.6) is 0 Å². The van der Waals surface area contributed by atoms with Gasteiger partial charge >= 0.3 is 0 Å². The number of β-amino-alcohol motifs (C(OH)–C–C–N with tert-alkyl or cyclic N) is 1. The first-order valence-electron chi connectivity index (χ1n) is 12.9. The van der Waals surface area contributed by atoms with E-state index in [-0.39, 0.29) is 25.2 Å². The Balaban J connectivity index is 1.23. The Morgan fingerprint density at radius 2 is 1.86 bits per heavy atom. The summed E-state index contributed by atoms with van der Waals surface area (Å²) in [4.78, 5) is 23.9. The molecule has 2 aliphatic heterocycles. The number of aliphatic hydroxyl groups excluding tert-OH is 2. The second-order valence-corrected chi connectivity index (χ2v) is 9.60. The van der Waals surface area contributed by atoms with E-state index in [0.717, 1.165) is 67.9 Å². The van der Waals surface area contributed by atoms with Crippen LogP contribution in [-0.2, 0) is 17.8 Å². The van der Waals surface area contributed by atoms with E-state index in [9.17, 15) is 9.90 Å². The predicted molar refractivity (Wildman–Crippen MR) is 141 cm³/mol. The van der Waals surface area contributed by atoms with Crippen LogP contribution in [0.3, 0.4) is 0 Å². The number of anilines is 1. The van der Waals surface area contributed by atoms with Crippen LogP contribution >= 0.6 is 0 Å². The van der Waals surface area contributed by atoms with Gasteiger partial charge in [-0.05, 0) is 23.1 Å². The molecule has 3 aromatic rings. The summed E-state index contributed by atoms with van der Waals surface area (Å²) in [6.07, 6.45) is 7.86. The van der Waals surface area contributed by atoms with Gasteiger partial charge in [-0.15, -0.1) is 0 Å². The fourth-order valence-corrected chi connectivity index (χ4v) is 5.19. The van der Waals surface area contributed by atoms with Gasteiger partial charge in [0.25, 0.3) is 0 Å². The van der Waals surface area contributed by atoms with Crippen molar-refractivity contribution in [2.24, 2.45) is 0 Å². The van der Waals surface area contributed by atoms with Crippen LogP contribution in [0.4, 0.5) is 5.82 Å². The van der Waals surface area contributed by atoms with Crippen LogP contribution < -0.4 is 5.32 Å². The molecule has 0 bridgehead atoms. The predicted octanol–water partition coefficient (Wildman–Crippen LogP) is 0.926. The SMILES string of the molecule is O=C(C=CCN1CCN(CCO)CC1)N1CCc2c(cn3ncnc(NC(CO)c4ccccc4)c23)C1. The zero-order valence-corrected chi connectivity index (χ0v) is 21.0. The zero-order valence-electron chi connectivity index (χ0n) is 21.0. The van der Waals surface area contributed by atoms with Crippen molar-refractivity contribution < 1.29 is 15.0 Å². The van der Waals surface area contributed by atoms with Crippen LogP contribution in [0.2, 0.25) is 0 Å². The standard InChI is InChI=1S/C27H35N7O3/c35-16-15-32-13-11-31(12-14-32)9-4-7-25(37)33-10-8-23-22(17-33)18-34-26(23)27(28-20-29-34)30-24(19-36)21-5-2-1-3-6-21/h1-7,18,20,24,35-36H,8-17,19H2,(H,28,29,30). The lowest BCUT2D eigenvalue weighted by atomic mass is 10.0. The molecule has 0 spiro atoms. The third kappa shape index (κ3) is 5.83. The highest BCUT2D eigenvalue weighted by Crippen LogP contribution is 2.30. The molecule has 0 aliphatic carbocycles. The minimum absolute atomic E-state index is 0.0219. The highest BCUT2D eigenvalue weighted by molar-refractivity contribution is 5.88. The Kier molecular flexibility index (Phi) is 8.10. The van der Waals surface area contributed by atoms with Gasteiger partial charge in [-0.2, -0.15) is 5.10 Å². The lowest BCUT2D eigenvalue weighted by Gasteiger charge is -2.33. The molecule has 1 amide bonds. The molecule has 196 valence electrons. The number of fused-ring (bicyclic) bond motifs is 3. The van der Waals surface area contributed by atoms with Crippen molar-refractivity contribution in [2.45, 2.75) is 19.0 Å². The summed E-state index contributed by atoms with van der Waals surface area (Å²) in [6.45, 7) is 6.57. The van der Waals surface area contributed by atoms with Crippen molar-refractivity contribution in [1.29, 1.82) is 0 Å². The summed E-state index contributed by atoms with van der Waals surface area (Å²) in [7, 11) is 0. The highest BCUT2D eigenvalue weighted by atomic mass is 16.3. The Bertz CT molecular complexity index is 1220. The normalized spacial score (nSPS) is 17.8. The van der Waals surface area contributed by atoms with Gasteiger partial charge in [0, 0.05) is 64.6 Å². The molecule has 10 nitrogen and oxygen atoms in total. The first kappa shape index (κ1) is 25.3. The molecule has 37 heavy (non-hydrogen) atoms. The van der Waals surface area contributed by atoms with Crippen LogP contribution in [0.15, 0.2) is 55.0 Å². The molecular formula is C27H35N7O3. The minimum atomic E-state index is -0.282. The molecule has 1 unspecified atom stereocenters. The Hall–Kier alpha value is -3.31. The highest BCUT2D eigenvalue weighted by Gasteiger charge is 2.25. The first-order chi connectivity index (χ1) is 18.2. The summed E-state index contributed by atoms with van der Waals surface area (Å²) in [5, 5.41) is 26.9. The van der Waals surface area contributed by atoms with E-state index < -0.39 is 0 Å². The number of aliphatic hydroxyl groups is 2. The smallest absolute Gasteiger partial charge is 0.246 e. The van der Waals surface area contributed by atoms with Crippen molar-refractivity contribution in [2.75, 3.05) is 64.3 Å². The van der Waals surface area contributed by atoms with Gasteiger partial charge in [-0.3, -0.25) is 14.6 Å². The summed E-state index contributed by atoms with van der Waals surface area (Å²) < 4.78 is 1.82. The second-order valence-electron chi connectivity index (χ2n) is 9.60. The molecule has 1 aromatic carbocycles. The molecule has 2 aromatic heterocycles. The average Bonchev–Trinajstić information content (AvgIpc) is 3.32. The molecule has 1 saturated heterocycles. The molecule has 2 aliphatic rings. The Labute approximate surface area is 216 Å². The van der Waals surface area contributed by atoms with Gasteiger partial charge in [0.15, 0.2) is 5.82 Å². The van der Waals surface area contributed by atoms with Gasteiger partial charge in [-0.1, -0.05) is 36.4 Å². The monoisotopic (exact) mass is 505 g/mol. The van der Waals surface area contributed by atoms with Gasteiger partial charge in [-0.25, -0.2) is 9.50 Å². The summed E-state index contributed by atoms with van der Waals surface area (Å²) in [6, 6.07) is 9.53. The molecule has 1 atom stereocenters. The van der Waals surface area contributed by atoms with Crippen molar-refractivity contribution in [3.8, 4) is 0 Å². The van der Waals surface area contributed by atoms with E-state index in [1.54, 1.807) is 6.08 Å². The van der Waals surface area contributed by atoms with E-state index in [1.165, 1.54) is 6.33 Å². The number of carbonyl (C=O) groups is 1. The number of hydrogen-bond donors (Lipinski definition) is 3. The number of rotatable bonds is 9. The molecule has 0 saturated carbocycles. The van der Waals surface area contributed by atoms with Crippen LogP contribution in [0.1, 0.15) is 22.7 Å². The molecule has 3 N–H and O–H groups in total. The maximum atomic E-state index is 12.9. The molecule has 1 fully saturated rings. The number of benzene rings is 1. The molecule has 4 heterocycles. The van der Waals surface area contributed by atoms with E-state index in [1.807, 2.05) is 52.0 Å². The minimum Gasteiger partial charge on any atom is -0.395 e. The van der Waals surface area contributed by atoms with E-state index in [4.69, 9.17) is 5.11 Å². The van der Waals surface area contributed by atoms with Gasteiger partial charge < -0.3 is 20.4 Å². The second kappa shape index (κ2) is 11.8. The topological polar surface area (TPSA) is 109 Å². The van der Waals surface area contributed by atoms with Crippen LogP contribution in [0.25, 0.3) is 5.52 Å². The van der Waals surface area contributed by atoms with Gasteiger partial charge in [0.1, 0.15) is 11.8 Å². The van der Waals surface area contributed by atoms with Crippen LogP contribution in [0, 0.1) is 0 Å². The summed E-state index contributed by atoms with van der Waals surface area (Å²) in [5.74, 6) is 0.701. The zero-order chi connectivity index (χ0) is 25.6. The fraction of sp³-hybridized carbons (Fsp3) is 0.444. The summed E-state index contributed by atoms with van der Waals surface area (Å²) >= 11 is 0. The summed E-state index contributed by atoms with van der Waals surface area (Å²) in [5.41, 5.74) is 4.09. The fourth-order valence-electron chi connectivity index (χ4n) is 5.19. The molecule has 10 heteroatoms. The van der Waals surface area contributed by atoms with E-state index >= 15 is 0 Å². The molecule has 0 radical (unpaired) electrons. The largest absolute Gasteiger partial charge is 0.395 e. The van der Waals surface area contributed by atoms with Crippen LogP contribution in [-0.4, -0.2) is 104 Å². The van der Waals surface area contributed by atoms with Crippen molar-refractivity contribution in [3.63, 3.8) is 0 Å². The number of nitrogens with zero attached hydrogens (tertiary/aromatic N) is 6. The average molecular weight is 506 g/mol. The number of piperazine rings is 1.